The molecule has 5 heteroatoms. The molecule has 0 heterocycles. The number of amides is 1. The Kier molecular flexibility index (Phi) is 6.70. The molecule has 1 amide bonds. The minimum Gasteiger partial charge on any atom is -0.493 e. The number of unbranched alkanes of at least 4 members (excludes halogenated alkanes) is 1. The van der Waals surface area contributed by atoms with Crippen molar-refractivity contribution in [3.63, 3.8) is 0 Å². The standard InChI is InChI=1S/C15H25N3O2/c1-3-5-6-18(11-15(17)19)13-8-12(16)9-14(10-13)20-7-4-2/h8-10H,3-7,11,16H2,1-2H3,(H2,17,19). The molecule has 0 saturated heterocycles. The lowest BCUT2D eigenvalue weighted by Gasteiger charge is -2.24. The molecule has 0 fully saturated rings. The number of nitrogen functional groups attached to an aromatic ring is 1. The number of hydrogen-bond donors (Lipinski definition) is 2. The van der Waals surface area contributed by atoms with Crippen molar-refractivity contribution in [3.05, 3.63) is 18.2 Å². The van der Waals surface area contributed by atoms with Crippen LogP contribution in [-0.2, 0) is 4.79 Å². The molecule has 0 saturated carbocycles. The Morgan fingerprint density at radius 2 is 2.00 bits per heavy atom. The fourth-order valence-electron chi connectivity index (χ4n) is 1.93. The minimum absolute atomic E-state index is 0.191. The summed E-state index contributed by atoms with van der Waals surface area (Å²) < 4.78 is 5.61. The molecule has 1 rings (SSSR count). The summed E-state index contributed by atoms with van der Waals surface area (Å²) in [6.07, 6.45) is 2.98. The summed E-state index contributed by atoms with van der Waals surface area (Å²) in [5.41, 5.74) is 12.7. The second-order valence-electron chi connectivity index (χ2n) is 4.85. The van der Waals surface area contributed by atoms with E-state index in [4.69, 9.17) is 16.2 Å². The van der Waals surface area contributed by atoms with Crippen LogP contribution in [0.5, 0.6) is 5.75 Å². The molecular weight excluding hydrogens is 254 g/mol. The third kappa shape index (κ3) is 5.38. The van der Waals surface area contributed by atoms with E-state index in [1.807, 2.05) is 24.0 Å². The third-order valence-electron chi connectivity index (χ3n) is 2.88. The normalized spacial score (nSPS) is 10.3. The first-order valence-corrected chi connectivity index (χ1v) is 7.13. The van der Waals surface area contributed by atoms with Gasteiger partial charge in [0, 0.05) is 30.1 Å². The summed E-state index contributed by atoms with van der Waals surface area (Å²) in [5.74, 6) is 0.382. The number of carbonyl (C=O) groups excluding carboxylic acids is 1. The van der Waals surface area contributed by atoms with Crippen molar-refractivity contribution in [1.29, 1.82) is 0 Å². The number of hydrogen-bond acceptors (Lipinski definition) is 4. The van der Waals surface area contributed by atoms with Crippen molar-refractivity contribution < 1.29 is 9.53 Å². The predicted molar refractivity (Wildman–Crippen MR) is 83.0 cm³/mol. The van der Waals surface area contributed by atoms with Gasteiger partial charge in [0.2, 0.25) is 5.91 Å². The summed E-state index contributed by atoms with van der Waals surface area (Å²) in [6, 6.07) is 5.55. The summed E-state index contributed by atoms with van der Waals surface area (Å²) in [6.45, 7) is 5.77. The molecule has 5 nitrogen and oxygen atoms in total. The van der Waals surface area contributed by atoms with Crippen LogP contribution in [0.2, 0.25) is 0 Å². The highest BCUT2D eigenvalue weighted by molar-refractivity contribution is 5.80. The van der Waals surface area contributed by atoms with Crippen LogP contribution in [0.15, 0.2) is 18.2 Å². The van der Waals surface area contributed by atoms with Gasteiger partial charge in [0.15, 0.2) is 0 Å². The van der Waals surface area contributed by atoms with Crippen molar-refractivity contribution in [2.24, 2.45) is 5.73 Å². The zero-order valence-corrected chi connectivity index (χ0v) is 12.4. The van der Waals surface area contributed by atoms with Crippen molar-refractivity contribution in [1.82, 2.24) is 0 Å². The summed E-state index contributed by atoms with van der Waals surface area (Å²) in [7, 11) is 0. The van der Waals surface area contributed by atoms with Crippen LogP contribution in [0.4, 0.5) is 11.4 Å². The van der Waals surface area contributed by atoms with Gasteiger partial charge in [0.05, 0.1) is 13.2 Å². The van der Waals surface area contributed by atoms with Crippen molar-refractivity contribution in [2.75, 3.05) is 30.3 Å². The molecule has 0 aliphatic heterocycles. The number of anilines is 2. The fraction of sp³-hybridized carbons (Fsp3) is 0.533. The van der Waals surface area contributed by atoms with Gasteiger partial charge in [-0.3, -0.25) is 4.79 Å². The van der Waals surface area contributed by atoms with E-state index in [1.54, 1.807) is 6.07 Å². The molecule has 0 aliphatic rings. The molecule has 0 atom stereocenters. The summed E-state index contributed by atoms with van der Waals surface area (Å²) >= 11 is 0. The van der Waals surface area contributed by atoms with Gasteiger partial charge in [0.1, 0.15) is 5.75 Å². The smallest absolute Gasteiger partial charge is 0.236 e. The van der Waals surface area contributed by atoms with E-state index >= 15 is 0 Å². The van der Waals surface area contributed by atoms with Gasteiger partial charge >= 0.3 is 0 Å². The van der Waals surface area contributed by atoms with Crippen molar-refractivity contribution in [2.45, 2.75) is 33.1 Å². The van der Waals surface area contributed by atoms with E-state index in [0.29, 0.717) is 12.3 Å². The van der Waals surface area contributed by atoms with Crippen LogP contribution in [0.3, 0.4) is 0 Å². The Morgan fingerprint density at radius 3 is 2.60 bits per heavy atom. The largest absolute Gasteiger partial charge is 0.493 e. The number of nitrogens with zero attached hydrogens (tertiary/aromatic N) is 1. The van der Waals surface area contributed by atoms with E-state index in [1.165, 1.54) is 0 Å². The first-order valence-electron chi connectivity index (χ1n) is 7.13. The van der Waals surface area contributed by atoms with Gasteiger partial charge in [-0.25, -0.2) is 0 Å². The number of nitrogens with two attached hydrogens (primary N) is 2. The Balaban J connectivity index is 2.92. The number of ether oxygens (including phenoxy) is 1. The highest BCUT2D eigenvalue weighted by atomic mass is 16.5. The molecular formula is C15H25N3O2. The lowest BCUT2D eigenvalue weighted by molar-refractivity contribution is -0.116. The van der Waals surface area contributed by atoms with Crippen LogP contribution in [0.1, 0.15) is 33.1 Å². The van der Waals surface area contributed by atoms with Crippen LogP contribution < -0.4 is 21.1 Å². The van der Waals surface area contributed by atoms with Crippen molar-refractivity contribution >= 4 is 17.3 Å². The highest BCUT2D eigenvalue weighted by Crippen LogP contribution is 2.26. The average molecular weight is 279 g/mol. The molecule has 0 aromatic heterocycles. The first kappa shape index (κ1) is 16.1. The SMILES string of the molecule is CCCCN(CC(N)=O)c1cc(N)cc(OCCC)c1. The zero-order chi connectivity index (χ0) is 15.0. The first-order chi connectivity index (χ1) is 9.56. The second-order valence-corrected chi connectivity index (χ2v) is 4.85. The van der Waals surface area contributed by atoms with E-state index in [2.05, 4.69) is 6.92 Å². The molecule has 1 aromatic carbocycles. The monoisotopic (exact) mass is 279 g/mol. The molecule has 0 bridgehead atoms. The molecule has 0 radical (unpaired) electrons. The predicted octanol–water partition coefficient (Wildman–Crippen LogP) is 2.15. The van der Waals surface area contributed by atoms with Crippen LogP contribution in [0, 0.1) is 0 Å². The Bertz CT molecular complexity index is 435. The molecule has 0 aliphatic carbocycles. The Labute approximate surface area is 120 Å². The van der Waals surface area contributed by atoms with E-state index < -0.39 is 0 Å². The maximum absolute atomic E-state index is 11.2. The Hall–Kier alpha value is -1.91. The number of benzene rings is 1. The molecule has 0 spiro atoms. The fourth-order valence-corrected chi connectivity index (χ4v) is 1.93. The van der Waals surface area contributed by atoms with E-state index in [-0.39, 0.29) is 12.5 Å². The summed E-state index contributed by atoms with van der Waals surface area (Å²) in [5, 5.41) is 0. The van der Waals surface area contributed by atoms with E-state index in [9.17, 15) is 4.79 Å². The van der Waals surface area contributed by atoms with Gasteiger partial charge in [-0.2, -0.15) is 0 Å². The number of carbonyl (C=O) groups is 1. The highest BCUT2D eigenvalue weighted by Gasteiger charge is 2.11. The number of rotatable bonds is 9. The molecule has 0 unspecified atom stereocenters. The maximum Gasteiger partial charge on any atom is 0.236 e. The summed E-state index contributed by atoms with van der Waals surface area (Å²) in [4.78, 5) is 13.2. The van der Waals surface area contributed by atoms with Crippen LogP contribution in [-0.4, -0.2) is 25.6 Å². The van der Waals surface area contributed by atoms with Crippen LogP contribution in [0.25, 0.3) is 0 Å². The molecule has 1 aromatic rings. The zero-order valence-electron chi connectivity index (χ0n) is 12.4. The molecule has 4 N–H and O–H groups in total. The van der Waals surface area contributed by atoms with Gasteiger partial charge in [0.25, 0.3) is 0 Å². The van der Waals surface area contributed by atoms with Crippen LogP contribution >= 0.6 is 0 Å². The minimum atomic E-state index is -0.348. The van der Waals surface area contributed by atoms with Gasteiger partial charge in [-0.1, -0.05) is 20.3 Å². The molecule has 112 valence electrons. The van der Waals surface area contributed by atoms with Crippen molar-refractivity contribution in [3.8, 4) is 5.75 Å². The topological polar surface area (TPSA) is 81.6 Å². The molecule has 20 heavy (non-hydrogen) atoms. The van der Waals surface area contributed by atoms with E-state index in [0.717, 1.165) is 37.2 Å². The van der Waals surface area contributed by atoms with Gasteiger partial charge in [-0.15, -0.1) is 0 Å². The lowest BCUT2D eigenvalue weighted by Crippen LogP contribution is -2.34. The average Bonchev–Trinajstić information content (AvgIpc) is 2.40. The number of primary amides is 1. The van der Waals surface area contributed by atoms with Gasteiger partial charge in [-0.05, 0) is 18.9 Å². The maximum atomic E-state index is 11.2. The second kappa shape index (κ2) is 8.30. The Morgan fingerprint density at radius 1 is 1.25 bits per heavy atom. The quantitative estimate of drug-likeness (QED) is 0.679. The third-order valence-corrected chi connectivity index (χ3v) is 2.88. The van der Waals surface area contributed by atoms with Gasteiger partial charge < -0.3 is 21.1 Å². The lowest BCUT2D eigenvalue weighted by atomic mass is 10.2.